The summed E-state index contributed by atoms with van der Waals surface area (Å²) in [7, 11) is 1.08. The van der Waals surface area contributed by atoms with E-state index < -0.39 is 0 Å². The van der Waals surface area contributed by atoms with E-state index in [1.807, 2.05) is 0 Å². The van der Waals surface area contributed by atoms with Crippen LogP contribution in [0, 0.1) is 5.92 Å². The maximum Gasteiger partial charge on any atom is 0.00173 e. The molecule has 0 amide bonds. The summed E-state index contributed by atoms with van der Waals surface area (Å²) in [6.45, 7) is 6.66. The Balaban J connectivity index is 3.17. The molecule has 0 aliphatic rings. The molecule has 0 heterocycles. The van der Waals surface area contributed by atoms with Crippen LogP contribution < -0.4 is 0 Å². The molecule has 3 atom stereocenters. The molecule has 50 valence electrons. The molecule has 0 saturated heterocycles. The molecule has 0 aromatic carbocycles. The molecule has 3 unspecified atom stereocenters. The molecule has 2 heteroatoms. The Bertz CT molecular complexity index is 54.5. The van der Waals surface area contributed by atoms with Crippen LogP contribution in [0.2, 0.25) is 0 Å². The van der Waals surface area contributed by atoms with E-state index in [9.17, 15) is 0 Å². The fourth-order valence-corrected chi connectivity index (χ4v) is 1.79. The fraction of sp³-hybridized carbons (Fsp3) is 1.00. The summed E-state index contributed by atoms with van der Waals surface area (Å²) < 4.78 is 0. The summed E-state index contributed by atoms with van der Waals surface area (Å²) in [6, 6.07) is 0. The fourth-order valence-electron chi connectivity index (χ4n) is 0.493. The molecule has 0 N–H and O–H groups in total. The normalized spacial score (nSPS) is 19.5. The summed E-state index contributed by atoms with van der Waals surface area (Å²) in [5, 5.41) is 0.572. The summed E-state index contributed by atoms with van der Waals surface area (Å²) in [5.74, 6) is 0.793. The Morgan fingerprint density at radius 3 is 2.12 bits per heavy atom. The highest BCUT2D eigenvalue weighted by Crippen LogP contribution is 2.16. The number of thiol groups is 1. The smallest absolute Gasteiger partial charge is 0.00173 e. The maximum absolute atomic E-state index is 4.33. The minimum Gasteiger partial charge on any atom is -0.176 e. The molecule has 0 bridgehead atoms. The van der Waals surface area contributed by atoms with Gasteiger partial charge >= 0.3 is 0 Å². The Kier molecular flexibility index (Phi) is 5.09. The standard InChI is InChI=1S/C6H15PS/c1-5(4-7-3)6(2)8/h5-8H,4H2,1-3H3. The second kappa shape index (κ2) is 4.64. The number of rotatable bonds is 3. The largest absolute Gasteiger partial charge is 0.176 e. The molecular weight excluding hydrogens is 135 g/mol. The van der Waals surface area contributed by atoms with Gasteiger partial charge in [0.15, 0.2) is 0 Å². The van der Waals surface area contributed by atoms with Crippen LogP contribution in [0.1, 0.15) is 13.8 Å². The van der Waals surface area contributed by atoms with Gasteiger partial charge in [-0.3, -0.25) is 0 Å². The monoisotopic (exact) mass is 150 g/mol. The zero-order valence-electron chi connectivity index (χ0n) is 5.81. The van der Waals surface area contributed by atoms with Crippen molar-refractivity contribution in [3.05, 3.63) is 0 Å². The lowest BCUT2D eigenvalue weighted by Crippen LogP contribution is -2.08. The van der Waals surface area contributed by atoms with Gasteiger partial charge in [-0.2, -0.15) is 12.6 Å². The third-order valence-electron chi connectivity index (χ3n) is 1.35. The van der Waals surface area contributed by atoms with Gasteiger partial charge in [0.1, 0.15) is 0 Å². The van der Waals surface area contributed by atoms with E-state index in [1.54, 1.807) is 0 Å². The minimum atomic E-state index is 0.572. The van der Waals surface area contributed by atoms with E-state index in [0.717, 1.165) is 14.5 Å². The molecule has 0 aliphatic heterocycles. The second-order valence-corrected chi connectivity index (χ2v) is 4.21. The van der Waals surface area contributed by atoms with Crippen molar-refractivity contribution in [2.45, 2.75) is 19.1 Å². The van der Waals surface area contributed by atoms with Gasteiger partial charge in [0.05, 0.1) is 0 Å². The molecule has 0 nitrogen and oxygen atoms in total. The molecule has 0 fully saturated rings. The van der Waals surface area contributed by atoms with Gasteiger partial charge in [0.2, 0.25) is 0 Å². The molecule has 0 saturated carbocycles. The summed E-state index contributed by atoms with van der Waals surface area (Å²) in [5.41, 5.74) is 0. The second-order valence-electron chi connectivity index (χ2n) is 2.28. The van der Waals surface area contributed by atoms with Gasteiger partial charge in [0.25, 0.3) is 0 Å². The zero-order valence-corrected chi connectivity index (χ0v) is 7.70. The first-order valence-corrected chi connectivity index (χ1v) is 5.23. The van der Waals surface area contributed by atoms with E-state index >= 15 is 0 Å². The van der Waals surface area contributed by atoms with Crippen molar-refractivity contribution < 1.29 is 0 Å². The molecule has 0 aromatic heterocycles. The number of hydrogen-bond acceptors (Lipinski definition) is 1. The van der Waals surface area contributed by atoms with Gasteiger partial charge in [-0.1, -0.05) is 13.8 Å². The lowest BCUT2D eigenvalue weighted by Gasteiger charge is -2.11. The summed E-state index contributed by atoms with van der Waals surface area (Å²) in [6.07, 6.45) is 1.34. The molecule has 0 aromatic rings. The first-order chi connectivity index (χ1) is 3.68. The third kappa shape index (κ3) is 3.74. The van der Waals surface area contributed by atoms with E-state index in [1.165, 1.54) is 6.16 Å². The summed E-state index contributed by atoms with van der Waals surface area (Å²) >= 11 is 4.33. The van der Waals surface area contributed by atoms with Gasteiger partial charge in [-0.15, -0.1) is 8.58 Å². The van der Waals surface area contributed by atoms with Crippen molar-refractivity contribution in [1.82, 2.24) is 0 Å². The van der Waals surface area contributed by atoms with Gasteiger partial charge in [0, 0.05) is 5.25 Å². The van der Waals surface area contributed by atoms with Crippen LogP contribution in [-0.2, 0) is 0 Å². The van der Waals surface area contributed by atoms with Crippen LogP contribution in [0.5, 0.6) is 0 Å². The van der Waals surface area contributed by atoms with Crippen LogP contribution in [0.15, 0.2) is 0 Å². The SMILES string of the molecule is CPCC(C)C(C)S. The van der Waals surface area contributed by atoms with Crippen LogP contribution in [-0.4, -0.2) is 18.1 Å². The van der Waals surface area contributed by atoms with Crippen LogP contribution in [0.3, 0.4) is 0 Å². The van der Waals surface area contributed by atoms with E-state index in [2.05, 4.69) is 33.1 Å². The van der Waals surface area contributed by atoms with Crippen LogP contribution in [0.25, 0.3) is 0 Å². The quantitative estimate of drug-likeness (QED) is 0.463. The number of hydrogen-bond donors (Lipinski definition) is 1. The van der Waals surface area contributed by atoms with E-state index in [4.69, 9.17) is 0 Å². The van der Waals surface area contributed by atoms with E-state index in [-0.39, 0.29) is 0 Å². The Labute approximate surface area is 59.6 Å². The van der Waals surface area contributed by atoms with Crippen molar-refractivity contribution in [2.24, 2.45) is 5.92 Å². The Hall–Kier alpha value is 0.780. The lowest BCUT2D eigenvalue weighted by molar-refractivity contribution is 0.655. The predicted octanol–water partition coefficient (Wildman–Crippen LogP) is 2.25. The topological polar surface area (TPSA) is 0 Å². The molecule has 0 spiro atoms. The van der Waals surface area contributed by atoms with Crippen molar-refractivity contribution in [3.63, 3.8) is 0 Å². The average Bonchev–Trinajstić information content (AvgIpc) is 1.67. The lowest BCUT2D eigenvalue weighted by atomic mass is 10.1. The first kappa shape index (κ1) is 8.78. The Morgan fingerprint density at radius 2 is 2.00 bits per heavy atom. The van der Waals surface area contributed by atoms with Gasteiger partial charge < -0.3 is 0 Å². The molecule has 0 radical (unpaired) electrons. The third-order valence-corrected chi connectivity index (χ3v) is 2.91. The van der Waals surface area contributed by atoms with Crippen molar-refractivity contribution in [1.29, 1.82) is 0 Å². The minimum absolute atomic E-state index is 0.572. The van der Waals surface area contributed by atoms with Crippen molar-refractivity contribution >= 4 is 21.2 Å². The molecular formula is C6H15PS. The first-order valence-electron chi connectivity index (χ1n) is 3.01. The highest BCUT2D eigenvalue weighted by atomic mass is 32.1. The average molecular weight is 150 g/mol. The Morgan fingerprint density at radius 1 is 1.50 bits per heavy atom. The summed E-state index contributed by atoms with van der Waals surface area (Å²) in [4.78, 5) is 0. The molecule has 0 aliphatic carbocycles. The van der Waals surface area contributed by atoms with Crippen molar-refractivity contribution in [3.8, 4) is 0 Å². The van der Waals surface area contributed by atoms with Crippen LogP contribution in [0.4, 0.5) is 0 Å². The molecule has 8 heavy (non-hydrogen) atoms. The maximum atomic E-state index is 4.33. The highest BCUT2D eigenvalue weighted by Gasteiger charge is 2.04. The van der Waals surface area contributed by atoms with E-state index in [0.29, 0.717) is 5.25 Å². The predicted molar refractivity (Wildman–Crippen MR) is 46.7 cm³/mol. The highest BCUT2D eigenvalue weighted by molar-refractivity contribution is 7.80. The van der Waals surface area contributed by atoms with Crippen LogP contribution >= 0.6 is 21.2 Å². The van der Waals surface area contributed by atoms with Crippen molar-refractivity contribution in [2.75, 3.05) is 12.8 Å². The molecule has 0 rings (SSSR count). The van der Waals surface area contributed by atoms with Gasteiger partial charge in [-0.25, -0.2) is 0 Å². The zero-order chi connectivity index (χ0) is 6.57. The van der Waals surface area contributed by atoms with Gasteiger partial charge in [-0.05, 0) is 18.7 Å².